The van der Waals surface area contributed by atoms with Gasteiger partial charge in [-0.15, -0.1) is 12.4 Å². The molecule has 0 bridgehead atoms. The maximum Gasteiger partial charge on any atom is 0.123 e. The molecule has 1 N–H and O–H groups in total. The minimum absolute atomic E-state index is 0. The third-order valence-corrected chi connectivity index (χ3v) is 2.81. The van der Waals surface area contributed by atoms with E-state index < -0.39 is 0 Å². The topological polar surface area (TPSA) is 21.3 Å². The van der Waals surface area contributed by atoms with Crippen molar-refractivity contribution >= 4 is 12.4 Å². The molecule has 0 fully saturated rings. The van der Waals surface area contributed by atoms with E-state index in [1.165, 1.54) is 17.7 Å². The number of ether oxygens (including phenoxy) is 1. The molecule has 2 aromatic carbocycles. The Morgan fingerprint density at radius 1 is 0.900 bits per heavy atom. The lowest BCUT2D eigenvalue weighted by molar-refractivity contribution is 0.340. The van der Waals surface area contributed by atoms with E-state index in [4.69, 9.17) is 4.74 Å². The first-order valence-corrected chi connectivity index (χ1v) is 6.45. The van der Waals surface area contributed by atoms with Crippen molar-refractivity contribution < 1.29 is 9.13 Å². The van der Waals surface area contributed by atoms with Crippen LogP contribution < -0.4 is 10.1 Å². The summed E-state index contributed by atoms with van der Waals surface area (Å²) in [5, 5.41) is 3.33. The van der Waals surface area contributed by atoms with Crippen LogP contribution in [-0.4, -0.2) is 6.61 Å². The van der Waals surface area contributed by atoms with E-state index in [-0.39, 0.29) is 18.2 Å². The molecule has 0 aromatic heterocycles. The fraction of sp³-hybridized carbons (Fsp3) is 0.250. The van der Waals surface area contributed by atoms with Crippen molar-refractivity contribution in [3.05, 3.63) is 65.5 Å². The second-order valence-electron chi connectivity index (χ2n) is 4.31. The van der Waals surface area contributed by atoms with Crippen LogP contribution in [0.3, 0.4) is 0 Å². The van der Waals surface area contributed by atoms with Gasteiger partial charge in [0, 0.05) is 13.1 Å². The molecule has 0 aliphatic carbocycles. The molecular weight excluding hydrogens is 277 g/mol. The molecule has 0 radical (unpaired) electrons. The zero-order chi connectivity index (χ0) is 13.5. The molecular formula is C16H19ClFNO. The van der Waals surface area contributed by atoms with E-state index >= 15 is 0 Å². The number of halogens is 2. The van der Waals surface area contributed by atoms with Gasteiger partial charge in [0.15, 0.2) is 0 Å². The largest absolute Gasteiger partial charge is 0.494 e. The Balaban J connectivity index is 0.00000200. The molecule has 2 nitrogen and oxygen atoms in total. The molecule has 2 rings (SSSR count). The SMILES string of the molecule is CCOc1ccc(CNCc2ccc(F)cc2)cc1.Cl. The summed E-state index contributed by atoms with van der Waals surface area (Å²) in [6.07, 6.45) is 0. The molecule has 0 saturated carbocycles. The van der Waals surface area contributed by atoms with Crippen molar-refractivity contribution in [1.82, 2.24) is 5.32 Å². The van der Waals surface area contributed by atoms with Crippen molar-refractivity contribution in [2.45, 2.75) is 20.0 Å². The Labute approximate surface area is 125 Å². The lowest BCUT2D eigenvalue weighted by Crippen LogP contribution is -2.12. The summed E-state index contributed by atoms with van der Waals surface area (Å²) in [6.45, 7) is 4.16. The zero-order valence-electron chi connectivity index (χ0n) is 11.4. The van der Waals surface area contributed by atoms with Crippen molar-refractivity contribution in [1.29, 1.82) is 0 Å². The van der Waals surface area contributed by atoms with Crippen molar-refractivity contribution in [3.8, 4) is 5.75 Å². The molecule has 0 saturated heterocycles. The van der Waals surface area contributed by atoms with Gasteiger partial charge >= 0.3 is 0 Å². The smallest absolute Gasteiger partial charge is 0.123 e. The molecule has 4 heteroatoms. The molecule has 0 aliphatic rings. The Bertz CT molecular complexity index is 499. The van der Waals surface area contributed by atoms with E-state index in [9.17, 15) is 4.39 Å². The minimum Gasteiger partial charge on any atom is -0.494 e. The predicted molar refractivity (Wildman–Crippen MR) is 81.8 cm³/mol. The van der Waals surface area contributed by atoms with Crippen LogP contribution in [0.25, 0.3) is 0 Å². The van der Waals surface area contributed by atoms with Gasteiger partial charge in [0.1, 0.15) is 11.6 Å². The number of hydrogen-bond donors (Lipinski definition) is 1. The standard InChI is InChI=1S/C16H18FNO.ClH/c1-2-19-16-9-5-14(6-10-16)12-18-11-13-3-7-15(17)8-4-13;/h3-10,18H,2,11-12H2,1H3;1H. The van der Waals surface area contributed by atoms with Gasteiger partial charge in [0.2, 0.25) is 0 Å². The second-order valence-corrected chi connectivity index (χ2v) is 4.31. The summed E-state index contributed by atoms with van der Waals surface area (Å²) in [5.74, 6) is 0.694. The van der Waals surface area contributed by atoms with E-state index in [2.05, 4.69) is 5.32 Å². The van der Waals surface area contributed by atoms with Gasteiger partial charge in [-0.3, -0.25) is 0 Å². The highest BCUT2D eigenvalue weighted by Gasteiger charge is 1.96. The van der Waals surface area contributed by atoms with Gasteiger partial charge < -0.3 is 10.1 Å². The Hall–Kier alpha value is -1.58. The number of nitrogens with one attached hydrogen (secondary N) is 1. The lowest BCUT2D eigenvalue weighted by atomic mass is 10.2. The van der Waals surface area contributed by atoms with Crippen LogP contribution in [-0.2, 0) is 13.1 Å². The molecule has 0 heterocycles. The molecule has 0 unspecified atom stereocenters. The van der Waals surface area contributed by atoms with Gasteiger partial charge in [-0.25, -0.2) is 4.39 Å². The van der Waals surface area contributed by atoms with Crippen LogP contribution in [0.1, 0.15) is 18.1 Å². The molecule has 0 spiro atoms. The first kappa shape index (κ1) is 16.5. The summed E-state index contributed by atoms with van der Waals surface area (Å²) in [5.41, 5.74) is 2.28. The third kappa shape index (κ3) is 5.19. The van der Waals surface area contributed by atoms with E-state index in [1.807, 2.05) is 31.2 Å². The second kappa shape index (κ2) is 8.56. The normalized spacial score (nSPS) is 9.90. The van der Waals surface area contributed by atoms with Crippen molar-refractivity contribution in [3.63, 3.8) is 0 Å². The monoisotopic (exact) mass is 295 g/mol. The van der Waals surface area contributed by atoms with Crippen LogP contribution in [0, 0.1) is 5.82 Å². The minimum atomic E-state index is -0.199. The van der Waals surface area contributed by atoms with Crippen molar-refractivity contribution in [2.24, 2.45) is 0 Å². The maximum absolute atomic E-state index is 12.7. The highest BCUT2D eigenvalue weighted by atomic mass is 35.5. The van der Waals surface area contributed by atoms with Crippen molar-refractivity contribution in [2.75, 3.05) is 6.61 Å². The van der Waals surface area contributed by atoms with Gasteiger partial charge in [-0.2, -0.15) is 0 Å². The van der Waals surface area contributed by atoms with Crippen LogP contribution in [0.2, 0.25) is 0 Å². The summed E-state index contributed by atoms with van der Waals surface area (Å²) < 4.78 is 18.1. The third-order valence-electron chi connectivity index (χ3n) is 2.81. The summed E-state index contributed by atoms with van der Waals surface area (Å²) >= 11 is 0. The van der Waals surface area contributed by atoms with E-state index in [0.717, 1.165) is 24.4 Å². The zero-order valence-corrected chi connectivity index (χ0v) is 12.3. The van der Waals surface area contributed by atoms with Gasteiger partial charge in [0.25, 0.3) is 0 Å². The van der Waals surface area contributed by atoms with Crippen LogP contribution in [0.4, 0.5) is 4.39 Å². The van der Waals surface area contributed by atoms with Gasteiger partial charge in [-0.05, 0) is 42.3 Å². The average Bonchev–Trinajstić information content (AvgIpc) is 2.43. The molecule has 0 amide bonds. The molecule has 0 atom stereocenters. The summed E-state index contributed by atoms with van der Waals surface area (Å²) in [4.78, 5) is 0. The van der Waals surface area contributed by atoms with E-state index in [0.29, 0.717) is 6.61 Å². The quantitative estimate of drug-likeness (QED) is 0.872. The molecule has 0 aliphatic heterocycles. The predicted octanol–water partition coefficient (Wildman–Crippen LogP) is 3.94. The Morgan fingerprint density at radius 3 is 1.90 bits per heavy atom. The fourth-order valence-corrected chi connectivity index (χ4v) is 1.82. The fourth-order valence-electron chi connectivity index (χ4n) is 1.82. The average molecular weight is 296 g/mol. The molecule has 2 aromatic rings. The first-order valence-electron chi connectivity index (χ1n) is 6.45. The number of benzene rings is 2. The highest BCUT2D eigenvalue weighted by Crippen LogP contribution is 2.12. The van der Waals surface area contributed by atoms with Gasteiger partial charge in [-0.1, -0.05) is 24.3 Å². The summed E-state index contributed by atoms with van der Waals surface area (Å²) in [6, 6.07) is 14.6. The highest BCUT2D eigenvalue weighted by molar-refractivity contribution is 5.85. The Morgan fingerprint density at radius 2 is 1.40 bits per heavy atom. The summed E-state index contributed by atoms with van der Waals surface area (Å²) in [7, 11) is 0. The lowest BCUT2D eigenvalue weighted by Gasteiger charge is -2.07. The Kier molecular flexibility index (Phi) is 7.05. The molecule has 108 valence electrons. The van der Waals surface area contributed by atoms with Gasteiger partial charge in [0.05, 0.1) is 6.61 Å². The van der Waals surface area contributed by atoms with E-state index in [1.54, 1.807) is 12.1 Å². The maximum atomic E-state index is 12.7. The van der Waals surface area contributed by atoms with Crippen LogP contribution in [0.5, 0.6) is 5.75 Å². The number of hydrogen-bond acceptors (Lipinski definition) is 2. The first-order chi connectivity index (χ1) is 9.28. The van der Waals surface area contributed by atoms with Crippen LogP contribution in [0.15, 0.2) is 48.5 Å². The molecule has 20 heavy (non-hydrogen) atoms. The number of rotatable bonds is 6. The van der Waals surface area contributed by atoms with Crippen LogP contribution >= 0.6 is 12.4 Å².